The second-order valence-corrected chi connectivity index (χ2v) is 8.30. The Morgan fingerprint density at radius 3 is 2.26 bits per heavy atom. The molecule has 1 amide bonds. The van der Waals surface area contributed by atoms with Crippen molar-refractivity contribution in [2.75, 3.05) is 26.2 Å². The Balaban J connectivity index is 2.03. The first-order valence-electron chi connectivity index (χ1n) is 11.0. The van der Waals surface area contributed by atoms with Gasteiger partial charge in [0.2, 0.25) is 0 Å². The molecule has 1 aliphatic heterocycles. The standard InChI is InChI=1S/C28H27NO6/c1-16-9-10-17(2)22(13-16)29-25(18-7-6-8-19(14-18)33-3)24(27(31)28(29)32)26(30)21-15-20(34-4)11-12-23(21)35-5/h6-15,25,30H,1-5H3/b26-24+. The number of ether oxygens (including phenoxy) is 3. The lowest BCUT2D eigenvalue weighted by molar-refractivity contribution is -0.132. The van der Waals surface area contributed by atoms with Gasteiger partial charge in [-0.2, -0.15) is 0 Å². The minimum Gasteiger partial charge on any atom is -0.507 e. The van der Waals surface area contributed by atoms with E-state index in [1.807, 2.05) is 32.0 Å². The molecule has 0 aromatic heterocycles. The largest absolute Gasteiger partial charge is 0.507 e. The molecule has 35 heavy (non-hydrogen) atoms. The van der Waals surface area contributed by atoms with Gasteiger partial charge >= 0.3 is 0 Å². The Hall–Kier alpha value is -4.26. The van der Waals surface area contributed by atoms with E-state index in [0.717, 1.165) is 11.1 Å². The van der Waals surface area contributed by atoms with Crippen molar-refractivity contribution >= 4 is 23.1 Å². The highest BCUT2D eigenvalue weighted by Gasteiger charge is 2.47. The van der Waals surface area contributed by atoms with E-state index in [-0.39, 0.29) is 16.9 Å². The average molecular weight is 474 g/mol. The van der Waals surface area contributed by atoms with Crippen molar-refractivity contribution in [3.63, 3.8) is 0 Å². The lowest BCUT2D eigenvalue weighted by Gasteiger charge is -2.27. The van der Waals surface area contributed by atoms with Crippen LogP contribution < -0.4 is 19.1 Å². The van der Waals surface area contributed by atoms with Crippen LogP contribution in [0.15, 0.2) is 66.2 Å². The van der Waals surface area contributed by atoms with Crippen molar-refractivity contribution in [2.24, 2.45) is 0 Å². The molecule has 7 heteroatoms. The molecule has 1 unspecified atom stereocenters. The molecule has 4 rings (SSSR count). The molecule has 0 radical (unpaired) electrons. The third-order valence-corrected chi connectivity index (χ3v) is 6.14. The summed E-state index contributed by atoms with van der Waals surface area (Å²) in [4.78, 5) is 28.4. The summed E-state index contributed by atoms with van der Waals surface area (Å²) in [5.41, 5.74) is 3.18. The summed E-state index contributed by atoms with van der Waals surface area (Å²) in [6.45, 7) is 3.79. The predicted molar refractivity (Wildman–Crippen MR) is 133 cm³/mol. The maximum Gasteiger partial charge on any atom is 0.300 e. The van der Waals surface area contributed by atoms with Crippen LogP contribution in [-0.4, -0.2) is 38.1 Å². The van der Waals surface area contributed by atoms with Gasteiger partial charge in [0, 0.05) is 5.69 Å². The van der Waals surface area contributed by atoms with Crippen LogP contribution in [0, 0.1) is 13.8 Å². The van der Waals surface area contributed by atoms with Crippen LogP contribution >= 0.6 is 0 Å². The number of hydrogen-bond acceptors (Lipinski definition) is 6. The molecule has 0 aliphatic carbocycles. The normalized spacial score (nSPS) is 16.9. The summed E-state index contributed by atoms with van der Waals surface area (Å²) in [5.74, 6) is -0.497. The van der Waals surface area contributed by atoms with Crippen molar-refractivity contribution in [1.82, 2.24) is 0 Å². The van der Waals surface area contributed by atoms with Gasteiger partial charge in [0.1, 0.15) is 23.0 Å². The van der Waals surface area contributed by atoms with E-state index >= 15 is 0 Å². The zero-order valence-corrected chi connectivity index (χ0v) is 20.3. The zero-order chi connectivity index (χ0) is 25.3. The summed E-state index contributed by atoms with van der Waals surface area (Å²) in [6.07, 6.45) is 0. The van der Waals surface area contributed by atoms with E-state index in [9.17, 15) is 14.7 Å². The fraction of sp³-hybridized carbons (Fsp3) is 0.214. The molecule has 1 atom stereocenters. The fourth-order valence-electron chi connectivity index (χ4n) is 4.33. The van der Waals surface area contributed by atoms with Crippen LogP contribution in [-0.2, 0) is 9.59 Å². The van der Waals surface area contributed by atoms with Crippen LogP contribution in [0.1, 0.15) is 28.3 Å². The Morgan fingerprint density at radius 2 is 1.57 bits per heavy atom. The molecule has 1 fully saturated rings. The smallest absolute Gasteiger partial charge is 0.300 e. The quantitative estimate of drug-likeness (QED) is 0.310. The minimum absolute atomic E-state index is 0.0456. The number of ketones is 1. The highest BCUT2D eigenvalue weighted by atomic mass is 16.5. The lowest BCUT2D eigenvalue weighted by Crippen LogP contribution is -2.30. The monoisotopic (exact) mass is 473 g/mol. The summed E-state index contributed by atoms with van der Waals surface area (Å²) >= 11 is 0. The van der Waals surface area contributed by atoms with E-state index in [1.54, 1.807) is 49.6 Å². The number of amides is 1. The molecular weight excluding hydrogens is 446 g/mol. The van der Waals surface area contributed by atoms with E-state index < -0.39 is 17.7 Å². The van der Waals surface area contributed by atoms with Crippen molar-refractivity contribution in [1.29, 1.82) is 0 Å². The van der Waals surface area contributed by atoms with Crippen LogP contribution in [0.5, 0.6) is 17.2 Å². The number of methoxy groups -OCH3 is 3. The number of nitrogens with zero attached hydrogens (tertiary/aromatic N) is 1. The third-order valence-electron chi connectivity index (χ3n) is 6.14. The molecule has 7 nitrogen and oxygen atoms in total. The second kappa shape index (κ2) is 9.54. The Kier molecular flexibility index (Phi) is 6.51. The number of hydrogen-bond donors (Lipinski definition) is 1. The average Bonchev–Trinajstić information content (AvgIpc) is 3.14. The molecule has 1 N–H and O–H groups in total. The second-order valence-electron chi connectivity index (χ2n) is 8.30. The number of anilines is 1. The zero-order valence-electron chi connectivity index (χ0n) is 20.3. The number of carbonyl (C=O) groups excluding carboxylic acids is 2. The maximum absolute atomic E-state index is 13.5. The van der Waals surface area contributed by atoms with Gasteiger partial charge in [-0.15, -0.1) is 0 Å². The molecule has 3 aromatic rings. The van der Waals surface area contributed by atoms with Gasteiger partial charge in [-0.3, -0.25) is 14.5 Å². The topological polar surface area (TPSA) is 85.3 Å². The van der Waals surface area contributed by atoms with Crippen LogP contribution in [0.3, 0.4) is 0 Å². The van der Waals surface area contributed by atoms with Gasteiger partial charge in [0.05, 0.1) is 38.5 Å². The number of aryl methyl sites for hydroxylation is 2. The third kappa shape index (κ3) is 4.21. The highest BCUT2D eigenvalue weighted by molar-refractivity contribution is 6.51. The molecule has 1 aliphatic rings. The number of aliphatic hydroxyl groups excluding tert-OH is 1. The van der Waals surface area contributed by atoms with E-state index in [2.05, 4.69) is 0 Å². The van der Waals surface area contributed by atoms with E-state index in [0.29, 0.717) is 28.5 Å². The fourth-order valence-corrected chi connectivity index (χ4v) is 4.33. The van der Waals surface area contributed by atoms with Crippen molar-refractivity contribution in [2.45, 2.75) is 19.9 Å². The van der Waals surface area contributed by atoms with E-state index in [4.69, 9.17) is 14.2 Å². The SMILES string of the molecule is COc1cccc(C2/C(=C(\O)c3cc(OC)ccc3OC)C(=O)C(=O)N2c2cc(C)ccc2C)c1. The number of benzene rings is 3. The minimum atomic E-state index is -0.887. The van der Waals surface area contributed by atoms with Crippen LogP contribution in [0.2, 0.25) is 0 Å². The Labute approximate surface area is 204 Å². The summed E-state index contributed by atoms with van der Waals surface area (Å²) in [7, 11) is 4.51. The Morgan fingerprint density at radius 1 is 0.857 bits per heavy atom. The van der Waals surface area contributed by atoms with Gasteiger partial charge < -0.3 is 19.3 Å². The summed E-state index contributed by atoms with van der Waals surface area (Å²) in [5, 5.41) is 11.5. The molecule has 0 spiro atoms. The molecular formula is C28H27NO6. The van der Waals surface area contributed by atoms with Gasteiger partial charge in [-0.1, -0.05) is 24.3 Å². The number of aliphatic hydroxyl groups is 1. The molecule has 3 aromatic carbocycles. The van der Waals surface area contributed by atoms with Gasteiger partial charge in [0.15, 0.2) is 0 Å². The summed E-state index contributed by atoms with van der Waals surface area (Å²) in [6, 6.07) is 16.8. The van der Waals surface area contributed by atoms with Crippen molar-refractivity contribution in [3.8, 4) is 17.2 Å². The first-order chi connectivity index (χ1) is 16.8. The Bertz CT molecular complexity index is 1340. The number of Topliss-reactive ketones (excluding diaryl/α,β-unsaturated/α-hetero) is 1. The van der Waals surface area contributed by atoms with Crippen LogP contribution in [0.25, 0.3) is 5.76 Å². The predicted octanol–water partition coefficient (Wildman–Crippen LogP) is 4.96. The van der Waals surface area contributed by atoms with E-state index in [1.165, 1.54) is 19.1 Å². The molecule has 1 saturated heterocycles. The van der Waals surface area contributed by atoms with Gasteiger partial charge in [-0.25, -0.2) is 0 Å². The van der Waals surface area contributed by atoms with Crippen molar-refractivity contribution in [3.05, 3.63) is 88.5 Å². The first-order valence-corrected chi connectivity index (χ1v) is 11.0. The van der Waals surface area contributed by atoms with Gasteiger partial charge in [-0.05, 0) is 66.9 Å². The molecule has 0 bridgehead atoms. The highest BCUT2D eigenvalue weighted by Crippen LogP contribution is 2.45. The first kappa shape index (κ1) is 23.9. The lowest BCUT2D eigenvalue weighted by atomic mass is 9.94. The number of rotatable bonds is 6. The van der Waals surface area contributed by atoms with Gasteiger partial charge in [0.25, 0.3) is 11.7 Å². The van der Waals surface area contributed by atoms with Crippen molar-refractivity contribution < 1.29 is 28.9 Å². The maximum atomic E-state index is 13.5. The number of carbonyl (C=O) groups is 2. The van der Waals surface area contributed by atoms with Crippen LogP contribution in [0.4, 0.5) is 5.69 Å². The molecule has 180 valence electrons. The summed E-state index contributed by atoms with van der Waals surface area (Å²) < 4.78 is 16.1. The molecule has 1 heterocycles. The molecule has 0 saturated carbocycles.